The molecule has 2 heterocycles. The van der Waals surface area contributed by atoms with Gasteiger partial charge in [-0.25, -0.2) is 4.98 Å². The van der Waals surface area contributed by atoms with Crippen LogP contribution in [0.4, 0.5) is 10.8 Å². The number of anilines is 2. The molecule has 5 nitrogen and oxygen atoms in total. The van der Waals surface area contributed by atoms with Crippen molar-refractivity contribution in [3.63, 3.8) is 0 Å². The van der Waals surface area contributed by atoms with Crippen LogP contribution in [0.2, 0.25) is 0 Å². The number of benzene rings is 3. The van der Waals surface area contributed by atoms with E-state index in [0.717, 1.165) is 26.2 Å². The average molecular weight is 502 g/mol. The Morgan fingerprint density at radius 2 is 1.68 bits per heavy atom. The highest BCUT2D eigenvalue weighted by Gasteiger charge is 2.10. The summed E-state index contributed by atoms with van der Waals surface area (Å²) in [4.78, 5) is 31.5. The van der Waals surface area contributed by atoms with E-state index >= 15 is 0 Å². The molecule has 0 bridgehead atoms. The van der Waals surface area contributed by atoms with Crippen molar-refractivity contribution in [2.75, 3.05) is 16.4 Å². The number of aromatic nitrogens is 1. The number of thioether (sulfide) groups is 1. The van der Waals surface area contributed by atoms with E-state index in [1.807, 2.05) is 89.6 Å². The van der Waals surface area contributed by atoms with Crippen molar-refractivity contribution in [2.24, 2.45) is 0 Å². The van der Waals surface area contributed by atoms with Crippen LogP contribution >= 0.6 is 34.4 Å². The average Bonchev–Trinajstić information content (AvgIpc) is 3.56. The highest BCUT2D eigenvalue weighted by atomic mass is 32.2. The van der Waals surface area contributed by atoms with Crippen molar-refractivity contribution >= 4 is 67.8 Å². The fraction of sp³-hybridized carbons (Fsp3) is 0.0385. The second kappa shape index (κ2) is 10.2. The van der Waals surface area contributed by atoms with E-state index in [2.05, 4.69) is 15.6 Å². The van der Waals surface area contributed by atoms with Crippen LogP contribution < -0.4 is 10.6 Å². The normalized spacial score (nSPS) is 10.8. The summed E-state index contributed by atoms with van der Waals surface area (Å²) in [6, 6.07) is 25.1. The van der Waals surface area contributed by atoms with Gasteiger partial charge >= 0.3 is 0 Å². The van der Waals surface area contributed by atoms with Crippen LogP contribution in [0.1, 0.15) is 10.4 Å². The smallest absolute Gasteiger partial charge is 0.255 e. The van der Waals surface area contributed by atoms with E-state index < -0.39 is 0 Å². The Morgan fingerprint density at radius 3 is 2.47 bits per heavy atom. The van der Waals surface area contributed by atoms with Crippen molar-refractivity contribution in [3.8, 4) is 10.6 Å². The third-order valence-corrected chi connectivity index (χ3v) is 7.68. The van der Waals surface area contributed by atoms with Crippen LogP contribution in [-0.2, 0) is 4.79 Å². The molecule has 2 aromatic heterocycles. The highest BCUT2D eigenvalue weighted by molar-refractivity contribution is 8.00. The molecule has 0 saturated heterocycles. The molecule has 3 aromatic carbocycles. The number of carbonyl (C=O) groups excluding carboxylic acids is 2. The third-order valence-electron chi connectivity index (χ3n) is 5.02. The van der Waals surface area contributed by atoms with Gasteiger partial charge in [0.2, 0.25) is 5.91 Å². The van der Waals surface area contributed by atoms with E-state index in [1.54, 1.807) is 11.3 Å². The third kappa shape index (κ3) is 5.36. The van der Waals surface area contributed by atoms with E-state index in [1.165, 1.54) is 23.1 Å². The molecule has 168 valence electrons. The van der Waals surface area contributed by atoms with Gasteiger partial charge in [0.1, 0.15) is 0 Å². The van der Waals surface area contributed by atoms with Gasteiger partial charge in [-0.3, -0.25) is 9.59 Å². The molecule has 0 atom stereocenters. The minimum atomic E-state index is -0.157. The van der Waals surface area contributed by atoms with Gasteiger partial charge < -0.3 is 10.6 Å². The Kier molecular flexibility index (Phi) is 6.71. The van der Waals surface area contributed by atoms with Crippen molar-refractivity contribution in [2.45, 2.75) is 4.90 Å². The fourth-order valence-corrected chi connectivity index (χ4v) is 5.53. The van der Waals surface area contributed by atoms with Crippen molar-refractivity contribution in [3.05, 3.63) is 95.2 Å². The molecule has 0 aliphatic rings. The zero-order valence-corrected chi connectivity index (χ0v) is 20.3. The maximum absolute atomic E-state index is 12.6. The van der Waals surface area contributed by atoms with Gasteiger partial charge in [-0.2, -0.15) is 0 Å². The van der Waals surface area contributed by atoms with Gasteiger partial charge in [-0.15, -0.1) is 34.4 Å². The predicted octanol–water partition coefficient (Wildman–Crippen LogP) is 7.01. The summed E-state index contributed by atoms with van der Waals surface area (Å²) in [6.07, 6.45) is 0. The predicted molar refractivity (Wildman–Crippen MR) is 143 cm³/mol. The lowest BCUT2D eigenvalue weighted by Crippen LogP contribution is -2.13. The van der Waals surface area contributed by atoms with Gasteiger partial charge in [0.05, 0.1) is 16.3 Å². The molecule has 5 rings (SSSR count). The number of carbonyl (C=O) groups is 2. The van der Waals surface area contributed by atoms with Crippen molar-refractivity contribution in [1.82, 2.24) is 4.98 Å². The molecule has 0 aliphatic carbocycles. The second-order valence-electron chi connectivity index (χ2n) is 7.39. The first-order valence-electron chi connectivity index (χ1n) is 10.5. The number of hydrogen-bond donors (Lipinski definition) is 2. The summed E-state index contributed by atoms with van der Waals surface area (Å²) < 4.78 is 0. The first kappa shape index (κ1) is 22.3. The number of fused-ring (bicyclic) bond motifs is 1. The Balaban J connectivity index is 1.13. The summed E-state index contributed by atoms with van der Waals surface area (Å²) in [6.45, 7) is 0. The molecule has 2 amide bonds. The van der Waals surface area contributed by atoms with E-state index in [4.69, 9.17) is 0 Å². The number of amides is 2. The molecule has 0 fully saturated rings. The minimum absolute atomic E-state index is 0.106. The monoisotopic (exact) mass is 501 g/mol. The summed E-state index contributed by atoms with van der Waals surface area (Å²) in [5.74, 6) is 0.0122. The van der Waals surface area contributed by atoms with E-state index in [0.29, 0.717) is 16.4 Å². The Bertz CT molecular complexity index is 1440. The van der Waals surface area contributed by atoms with Crippen LogP contribution in [-0.4, -0.2) is 22.6 Å². The molecular weight excluding hydrogens is 483 g/mol. The van der Waals surface area contributed by atoms with Crippen LogP contribution in [0.15, 0.2) is 94.5 Å². The number of nitrogens with zero attached hydrogens (tertiary/aromatic N) is 1. The van der Waals surface area contributed by atoms with Crippen LogP contribution in [0.3, 0.4) is 0 Å². The molecule has 2 N–H and O–H groups in total. The minimum Gasteiger partial charge on any atom is -0.322 e. The molecule has 34 heavy (non-hydrogen) atoms. The summed E-state index contributed by atoms with van der Waals surface area (Å²) in [5.41, 5.74) is 2.19. The van der Waals surface area contributed by atoms with Crippen molar-refractivity contribution in [1.29, 1.82) is 0 Å². The molecule has 0 saturated carbocycles. The second-order valence-corrected chi connectivity index (χ2v) is 10.2. The van der Waals surface area contributed by atoms with Crippen LogP contribution in [0, 0.1) is 0 Å². The fourth-order valence-electron chi connectivity index (χ4n) is 3.34. The molecule has 0 spiro atoms. The maximum atomic E-state index is 12.6. The van der Waals surface area contributed by atoms with Gasteiger partial charge in [-0.1, -0.05) is 36.4 Å². The SMILES string of the molecule is O=C(CSc1ccc(NC(=O)c2ccc3ccccc3c2)cc1)Nc1nc(-c2cccs2)cs1. The molecule has 0 radical (unpaired) electrons. The van der Waals surface area contributed by atoms with Crippen molar-refractivity contribution < 1.29 is 9.59 Å². The molecule has 8 heteroatoms. The maximum Gasteiger partial charge on any atom is 0.255 e. The Morgan fingerprint density at radius 1 is 0.853 bits per heavy atom. The van der Waals surface area contributed by atoms with Gasteiger partial charge in [-0.05, 0) is 58.6 Å². The lowest BCUT2D eigenvalue weighted by Gasteiger charge is -2.08. The zero-order valence-electron chi connectivity index (χ0n) is 17.9. The molecule has 0 unspecified atom stereocenters. The number of hydrogen-bond acceptors (Lipinski definition) is 6. The number of rotatable bonds is 7. The van der Waals surface area contributed by atoms with E-state index in [9.17, 15) is 9.59 Å². The highest BCUT2D eigenvalue weighted by Crippen LogP contribution is 2.28. The summed E-state index contributed by atoms with van der Waals surface area (Å²) in [7, 11) is 0. The van der Waals surface area contributed by atoms with Gasteiger partial charge in [0.25, 0.3) is 5.91 Å². The summed E-state index contributed by atoms with van der Waals surface area (Å²) >= 11 is 4.47. The number of thiophene rings is 1. The lowest BCUT2D eigenvalue weighted by molar-refractivity contribution is -0.113. The van der Waals surface area contributed by atoms with E-state index in [-0.39, 0.29) is 17.6 Å². The molecule has 5 aromatic rings. The topological polar surface area (TPSA) is 71.1 Å². The quantitative estimate of drug-likeness (QED) is 0.235. The van der Waals surface area contributed by atoms with Gasteiger partial charge in [0, 0.05) is 21.5 Å². The largest absolute Gasteiger partial charge is 0.322 e. The summed E-state index contributed by atoms with van der Waals surface area (Å²) in [5, 5.41) is 12.5. The number of nitrogens with one attached hydrogen (secondary N) is 2. The van der Waals surface area contributed by atoms with Crippen LogP contribution in [0.25, 0.3) is 21.3 Å². The molecular formula is C26H19N3O2S3. The Labute approximate surface area is 208 Å². The number of thiazole rings is 1. The van der Waals surface area contributed by atoms with Crippen LogP contribution in [0.5, 0.6) is 0 Å². The first-order valence-corrected chi connectivity index (χ1v) is 13.2. The Hall–Kier alpha value is -3.46. The van der Waals surface area contributed by atoms with Gasteiger partial charge in [0.15, 0.2) is 5.13 Å². The lowest BCUT2D eigenvalue weighted by atomic mass is 10.1. The zero-order chi connectivity index (χ0) is 23.3. The molecule has 0 aliphatic heterocycles. The standard InChI is InChI=1S/C26H19N3O2S3/c30-24(29-26-28-22(15-34-26)23-6-3-13-32-23)16-33-21-11-9-20(10-12-21)27-25(31)19-8-7-17-4-1-2-5-18(17)14-19/h1-15H,16H2,(H,27,31)(H,28,29,30). The first-order chi connectivity index (χ1) is 16.6.